The third kappa shape index (κ3) is 7.70. The number of ketones is 1. The minimum atomic E-state index is 0. The maximum Gasteiger partial charge on any atom is 0.162 e. The molecule has 0 spiro atoms. The van der Waals surface area contributed by atoms with E-state index in [1.165, 1.54) is 40.7 Å². The summed E-state index contributed by atoms with van der Waals surface area (Å²) in [6.45, 7) is 8.35. The van der Waals surface area contributed by atoms with Gasteiger partial charge in [0, 0.05) is 36.6 Å². The number of rotatable bonds is 8. The monoisotopic (exact) mass is 550 g/mol. The maximum absolute atomic E-state index is 13.2. The van der Waals surface area contributed by atoms with Crippen molar-refractivity contribution in [3.63, 3.8) is 0 Å². The second-order valence-electron chi connectivity index (χ2n) is 11.0. The van der Waals surface area contributed by atoms with Gasteiger partial charge in [0.25, 0.3) is 0 Å². The summed E-state index contributed by atoms with van der Waals surface area (Å²) in [6, 6.07) is 23.3. The predicted octanol–water partition coefficient (Wildman–Crippen LogP) is 7.89. The molecule has 0 saturated carbocycles. The fourth-order valence-corrected chi connectivity index (χ4v) is 6.19. The van der Waals surface area contributed by atoms with Crippen molar-refractivity contribution in [2.24, 2.45) is 5.92 Å². The van der Waals surface area contributed by atoms with E-state index in [0.717, 1.165) is 69.1 Å². The van der Waals surface area contributed by atoms with E-state index in [2.05, 4.69) is 71.3 Å². The quantitative estimate of drug-likeness (QED) is 0.266. The van der Waals surface area contributed by atoms with Gasteiger partial charge in [-0.3, -0.25) is 14.6 Å². The molecule has 2 heterocycles. The SMILES string of the molecule is Cc1ccccc1CN1CCC(CCC(=O)c2ccc3c(c2)CN(Cc2cccc(Cl)c2)CCC3)CC1.Cl. The Hall–Kier alpha value is -2.17. The molecule has 3 nitrogen and oxygen atoms in total. The van der Waals surface area contributed by atoms with E-state index in [9.17, 15) is 4.79 Å². The van der Waals surface area contributed by atoms with Gasteiger partial charge >= 0.3 is 0 Å². The number of nitrogens with zero attached hydrogens (tertiary/aromatic N) is 2. The van der Waals surface area contributed by atoms with Crippen LogP contribution in [0, 0.1) is 12.8 Å². The molecule has 1 saturated heterocycles. The highest BCUT2D eigenvalue weighted by Crippen LogP contribution is 2.26. The van der Waals surface area contributed by atoms with Gasteiger partial charge in [0.05, 0.1) is 0 Å². The van der Waals surface area contributed by atoms with Gasteiger partial charge in [-0.25, -0.2) is 0 Å². The lowest BCUT2D eigenvalue weighted by Crippen LogP contribution is -2.33. The van der Waals surface area contributed by atoms with Crippen LogP contribution in [0.25, 0.3) is 0 Å². The van der Waals surface area contributed by atoms with Crippen molar-refractivity contribution in [2.75, 3.05) is 19.6 Å². The first-order valence-electron chi connectivity index (χ1n) is 13.9. The van der Waals surface area contributed by atoms with E-state index in [0.29, 0.717) is 18.1 Å². The molecule has 0 amide bonds. The van der Waals surface area contributed by atoms with Crippen LogP contribution in [0.1, 0.15) is 70.3 Å². The highest BCUT2D eigenvalue weighted by molar-refractivity contribution is 6.30. The number of hydrogen-bond acceptors (Lipinski definition) is 3. The van der Waals surface area contributed by atoms with Gasteiger partial charge in [-0.2, -0.15) is 0 Å². The largest absolute Gasteiger partial charge is 0.299 e. The zero-order valence-electron chi connectivity index (χ0n) is 22.5. The number of piperidine rings is 1. The van der Waals surface area contributed by atoms with Crippen molar-refractivity contribution in [3.05, 3.63) is 105 Å². The van der Waals surface area contributed by atoms with Crippen LogP contribution in [-0.2, 0) is 26.1 Å². The van der Waals surface area contributed by atoms with E-state index in [4.69, 9.17) is 11.6 Å². The van der Waals surface area contributed by atoms with Crippen LogP contribution >= 0.6 is 24.0 Å². The fraction of sp³-hybridized carbons (Fsp3) is 0.424. The zero-order chi connectivity index (χ0) is 25.6. The molecule has 2 aliphatic heterocycles. The molecule has 0 aromatic heterocycles. The average Bonchev–Trinajstić information content (AvgIpc) is 3.10. The molecule has 0 radical (unpaired) electrons. The molecule has 5 rings (SSSR count). The highest BCUT2D eigenvalue weighted by atomic mass is 35.5. The number of carbonyl (C=O) groups excluding carboxylic acids is 1. The van der Waals surface area contributed by atoms with E-state index in [1.54, 1.807) is 0 Å². The molecule has 0 aliphatic carbocycles. The number of benzene rings is 3. The first-order chi connectivity index (χ1) is 18.0. The first-order valence-corrected chi connectivity index (χ1v) is 14.3. The normalized spacial score (nSPS) is 16.9. The number of carbonyl (C=O) groups is 1. The molecule has 202 valence electrons. The first kappa shape index (κ1) is 28.8. The number of halogens is 2. The van der Waals surface area contributed by atoms with Crippen molar-refractivity contribution < 1.29 is 4.79 Å². The minimum absolute atomic E-state index is 0. The Morgan fingerprint density at radius 1 is 0.895 bits per heavy atom. The van der Waals surface area contributed by atoms with Gasteiger partial charge in [-0.1, -0.05) is 60.1 Å². The Bertz CT molecular complexity index is 1220. The Kier molecular flexibility index (Phi) is 10.4. The van der Waals surface area contributed by atoms with Crippen molar-refractivity contribution in [1.29, 1.82) is 0 Å². The zero-order valence-corrected chi connectivity index (χ0v) is 24.1. The Labute approximate surface area is 239 Å². The number of hydrogen-bond donors (Lipinski definition) is 0. The summed E-state index contributed by atoms with van der Waals surface area (Å²) in [4.78, 5) is 18.2. The minimum Gasteiger partial charge on any atom is -0.299 e. The van der Waals surface area contributed by atoms with Crippen molar-refractivity contribution in [3.8, 4) is 0 Å². The van der Waals surface area contributed by atoms with Gasteiger partial charge in [0.2, 0.25) is 0 Å². The smallest absolute Gasteiger partial charge is 0.162 e. The van der Waals surface area contributed by atoms with Crippen LogP contribution in [0.2, 0.25) is 5.02 Å². The molecule has 0 bridgehead atoms. The van der Waals surface area contributed by atoms with Gasteiger partial charge in [0.15, 0.2) is 5.78 Å². The lowest BCUT2D eigenvalue weighted by atomic mass is 9.89. The summed E-state index contributed by atoms with van der Waals surface area (Å²) < 4.78 is 0. The number of aryl methyl sites for hydroxylation is 2. The van der Waals surface area contributed by atoms with E-state index < -0.39 is 0 Å². The molecular weight excluding hydrogens is 511 g/mol. The van der Waals surface area contributed by atoms with Gasteiger partial charge < -0.3 is 0 Å². The topological polar surface area (TPSA) is 23.6 Å². The molecule has 2 aliphatic rings. The van der Waals surface area contributed by atoms with E-state index in [-0.39, 0.29) is 12.4 Å². The van der Waals surface area contributed by atoms with Crippen molar-refractivity contribution in [1.82, 2.24) is 9.80 Å². The summed E-state index contributed by atoms with van der Waals surface area (Å²) in [7, 11) is 0. The molecule has 5 heteroatoms. The molecule has 3 aromatic carbocycles. The standard InChI is InChI=1S/C33H39ClN2O.ClH/c1-25-6-2-3-8-30(25)23-35-18-15-26(16-19-35)11-14-33(37)29-13-12-28-9-5-17-36(24-31(28)21-29)22-27-7-4-10-32(34)20-27;/h2-4,6-8,10,12-13,20-21,26H,5,9,11,14-19,22-24H2,1H3;1H. The van der Waals surface area contributed by atoms with Gasteiger partial charge in [-0.15, -0.1) is 12.4 Å². The highest BCUT2D eigenvalue weighted by Gasteiger charge is 2.22. The lowest BCUT2D eigenvalue weighted by Gasteiger charge is -2.32. The molecule has 38 heavy (non-hydrogen) atoms. The summed E-state index contributed by atoms with van der Waals surface area (Å²) in [5.74, 6) is 0.960. The van der Waals surface area contributed by atoms with E-state index in [1.807, 2.05) is 12.1 Å². The van der Waals surface area contributed by atoms with Crippen LogP contribution in [0.4, 0.5) is 0 Å². The average molecular weight is 552 g/mol. The van der Waals surface area contributed by atoms with Crippen LogP contribution in [0.5, 0.6) is 0 Å². The van der Waals surface area contributed by atoms with Crippen molar-refractivity contribution in [2.45, 2.75) is 65.1 Å². The Morgan fingerprint density at radius 2 is 1.71 bits per heavy atom. The Morgan fingerprint density at radius 3 is 2.50 bits per heavy atom. The second-order valence-corrected chi connectivity index (χ2v) is 11.5. The van der Waals surface area contributed by atoms with Crippen LogP contribution in [-0.4, -0.2) is 35.2 Å². The predicted molar refractivity (Wildman–Crippen MR) is 160 cm³/mol. The van der Waals surface area contributed by atoms with Gasteiger partial charge in [0.1, 0.15) is 0 Å². The number of fused-ring (bicyclic) bond motifs is 1. The number of Topliss-reactive ketones (excluding diaryl/α,β-unsaturated/α-hetero) is 1. The van der Waals surface area contributed by atoms with Gasteiger partial charge in [-0.05, 0) is 111 Å². The molecular formula is C33H40Cl2N2O. The Balaban J connectivity index is 0.00000336. The summed E-state index contributed by atoms with van der Waals surface area (Å²) >= 11 is 6.20. The number of likely N-dealkylation sites (tertiary alicyclic amines) is 1. The molecule has 0 unspecified atom stereocenters. The van der Waals surface area contributed by atoms with Crippen LogP contribution < -0.4 is 0 Å². The molecule has 3 aromatic rings. The summed E-state index contributed by atoms with van der Waals surface area (Å²) in [5, 5.41) is 0.789. The molecule has 0 atom stereocenters. The third-order valence-electron chi connectivity index (χ3n) is 8.28. The summed E-state index contributed by atoms with van der Waals surface area (Å²) in [5.41, 5.74) is 7.66. The lowest BCUT2D eigenvalue weighted by molar-refractivity contribution is 0.0961. The summed E-state index contributed by atoms with van der Waals surface area (Å²) in [6.07, 6.45) is 6.28. The van der Waals surface area contributed by atoms with Crippen LogP contribution in [0.3, 0.4) is 0 Å². The molecule has 1 fully saturated rings. The second kappa shape index (κ2) is 13.8. The molecule has 0 N–H and O–H groups in total. The fourth-order valence-electron chi connectivity index (χ4n) is 5.97. The van der Waals surface area contributed by atoms with E-state index >= 15 is 0 Å². The maximum atomic E-state index is 13.2. The third-order valence-corrected chi connectivity index (χ3v) is 8.51. The van der Waals surface area contributed by atoms with Crippen molar-refractivity contribution >= 4 is 29.8 Å². The van der Waals surface area contributed by atoms with Crippen LogP contribution in [0.15, 0.2) is 66.7 Å².